The highest BCUT2D eigenvalue weighted by atomic mass is 35.5. The first-order valence-electron chi connectivity index (χ1n) is 5.66. The van der Waals surface area contributed by atoms with Gasteiger partial charge in [-0.1, -0.05) is 25.4 Å². The third-order valence-electron chi connectivity index (χ3n) is 2.37. The van der Waals surface area contributed by atoms with E-state index in [1.54, 1.807) is 6.07 Å². The fraction of sp³-hybridized carbons (Fsp3) is 0.667. The van der Waals surface area contributed by atoms with Crippen LogP contribution >= 0.6 is 11.6 Å². The first-order chi connectivity index (χ1) is 7.47. The zero-order chi connectivity index (χ0) is 12.1. The van der Waals surface area contributed by atoms with Crippen LogP contribution in [0.3, 0.4) is 0 Å². The van der Waals surface area contributed by atoms with E-state index in [1.807, 2.05) is 6.92 Å². The molecule has 90 valence electrons. The maximum absolute atomic E-state index is 5.89. The minimum absolute atomic E-state index is 0.528. The molecule has 0 saturated heterocycles. The van der Waals surface area contributed by atoms with E-state index in [0.29, 0.717) is 5.15 Å². The van der Waals surface area contributed by atoms with E-state index in [4.69, 9.17) is 11.6 Å². The third kappa shape index (κ3) is 4.90. The predicted octanol–water partition coefficient (Wildman–Crippen LogP) is 2.92. The minimum atomic E-state index is 0.528. The Bertz CT molecular complexity index is 319. The van der Waals surface area contributed by atoms with Crippen molar-refractivity contribution in [2.24, 2.45) is 5.92 Å². The molecule has 1 heterocycles. The van der Waals surface area contributed by atoms with E-state index in [-0.39, 0.29) is 0 Å². The molecule has 3 nitrogen and oxygen atoms in total. The average Bonchev–Trinajstić information content (AvgIpc) is 2.12. The summed E-state index contributed by atoms with van der Waals surface area (Å²) in [5.74, 6) is 1.53. The van der Waals surface area contributed by atoms with Crippen molar-refractivity contribution in [2.45, 2.75) is 33.7 Å². The fourth-order valence-corrected chi connectivity index (χ4v) is 1.71. The molecule has 16 heavy (non-hydrogen) atoms. The smallest absolute Gasteiger partial charge is 0.144 e. The lowest BCUT2D eigenvalue weighted by Crippen LogP contribution is -2.21. The van der Waals surface area contributed by atoms with Gasteiger partial charge in [-0.25, -0.2) is 9.97 Å². The number of aromatic nitrogens is 2. The Balaban J connectivity index is 2.52. The van der Waals surface area contributed by atoms with Crippen LogP contribution in [-0.2, 0) is 6.54 Å². The number of halogens is 1. The highest BCUT2D eigenvalue weighted by Gasteiger charge is 2.05. The Hall–Kier alpha value is -0.670. The van der Waals surface area contributed by atoms with Gasteiger partial charge >= 0.3 is 0 Å². The lowest BCUT2D eigenvalue weighted by Gasteiger charge is -2.17. The van der Waals surface area contributed by atoms with Gasteiger partial charge in [-0.05, 0) is 38.9 Å². The largest absolute Gasteiger partial charge is 0.299 e. The van der Waals surface area contributed by atoms with Crippen molar-refractivity contribution in [2.75, 3.05) is 13.6 Å². The van der Waals surface area contributed by atoms with Gasteiger partial charge < -0.3 is 0 Å². The van der Waals surface area contributed by atoms with Gasteiger partial charge in [0.05, 0.1) is 6.54 Å². The lowest BCUT2D eigenvalue weighted by atomic mass is 10.1. The normalized spacial score (nSPS) is 11.4. The Kier molecular flexibility index (Phi) is 5.16. The molecule has 0 amide bonds. The van der Waals surface area contributed by atoms with E-state index < -0.39 is 0 Å². The molecule has 4 heteroatoms. The third-order valence-corrected chi connectivity index (χ3v) is 2.56. The van der Waals surface area contributed by atoms with E-state index in [0.717, 1.165) is 30.5 Å². The van der Waals surface area contributed by atoms with Gasteiger partial charge in [-0.2, -0.15) is 0 Å². The Morgan fingerprint density at radius 3 is 2.62 bits per heavy atom. The molecule has 0 atom stereocenters. The van der Waals surface area contributed by atoms with Gasteiger partial charge in [0, 0.05) is 5.69 Å². The van der Waals surface area contributed by atoms with Gasteiger partial charge in [-0.3, -0.25) is 4.90 Å². The summed E-state index contributed by atoms with van der Waals surface area (Å²) in [7, 11) is 2.09. The molecule has 0 spiro atoms. The molecule has 0 aliphatic heterocycles. The molecule has 0 N–H and O–H groups in total. The van der Waals surface area contributed by atoms with Crippen molar-refractivity contribution in [3.8, 4) is 0 Å². The van der Waals surface area contributed by atoms with Gasteiger partial charge in [0.1, 0.15) is 11.0 Å². The second-order valence-electron chi connectivity index (χ2n) is 4.67. The number of hydrogen-bond acceptors (Lipinski definition) is 3. The molecule has 1 rings (SSSR count). The van der Waals surface area contributed by atoms with Gasteiger partial charge in [0.25, 0.3) is 0 Å². The summed E-state index contributed by atoms with van der Waals surface area (Å²) in [4.78, 5) is 10.8. The number of nitrogens with zero attached hydrogens (tertiary/aromatic N) is 3. The summed E-state index contributed by atoms with van der Waals surface area (Å²) < 4.78 is 0. The minimum Gasteiger partial charge on any atom is -0.299 e. The SMILES string of the molecule is Cc1cc(Cl)nc(CN(C)CCC(C)C)n1. The highest BCUT2D eigenvalue weighted by molar-refractivity contribution is 6.29. The van der Waals surface area contributed by atoms with E-state index in [1.165, 1.54) is 6.42 Å². The van der Waals surface area contributed by atoms with Crippen molar-refractivity contribution in [3.05, 3.63) is 22.7 Å². The highest BCUT2D eigenvalue weighted by Crippen LogP contribution is 2.08. The van der Waals surface area contributed by atoms with E-state index in [2.05, 4.69) is 35.8 Å². The Labute approximate surface area is 103 Å². The molecule has 1 aromatic heterocycles. The molecule has 0 aliphatic carbocycles. The molecular formula is C12H20ClN3. The van der Waals surface area contributed by atoms with Crippen molar-refractivity contribution in [3.63, 3.8) is 0 Å². The summed E-state index contributed by atoms with van der Waals surface area (Å²) in [6.07, 6.45) is 1.19. The summed E-state index contributed by atoms with van der Waals surface area (Å²) in [5, 5.41) is 0.528. The van der Waals surface area contributed by atoms with Crippen LogP contribution in [-0.4, -0.2) is 28.5 Å². The van der Waals surface area contributed by atoms with Crippen molar-refractivity contribution >= 4 is 11.6 Å². The van der Waals surface area contributed by atoms with Crippen LogP contribution in [0.25, 0.3) is 0 Å². The van der Waals surface area contributed by atoms with Gasteiger partial charge in [0.15, 0.2) is 0 Å². The predicted molar refractivity (Wildman–Crippen MR) is 67.6 cm³/mol. The van der Waals surface area contributed by atoms with Crippen LogP contribution in [0.4, 0.5) is 0 Å². The van der Waals surface area contributed by atoms with Crippen molar-refractivity contribution < 1.29 is 0 Å². The van der Waals surface area contributed by atoms with Crippen LogP contribution in [0.5, 0.6) is 0 Å². The van der Waals surface area contributed by atoms with E-state index >= 15 is 0 Å². The Morgan fingerprint density at radius 1 is 1.38 bits per heavy atom. The first-order valence-corrected chi connectivity index (χ1v) is 6.03. The summed E-state index contributed by atoms with van der Waals surface area (Å²) in [5.41, 5.74) is 0.923. The summed E-state index contributed by atoms with van der Waals surface area (Å²) >= 11 is 5.89. The average molecular weight is 242 g/mol. The van der Waals surface area contributed by atoms with Crippen molar-refractivity contribution in [1.82, 2.24) is 14.9 Å². The summed E-state index contributed by atoms with van der Waals surface area (Å²) in [6, 6.07) is 1.78. The van der Waals surface area contributed by atoms with Crippen LogP contribution < -0.4 is 0 Å². The first kappa shape index (κ1) is 13.4. The van der Waals surface area contributed by atoms with Gasteiger partial charge in [-0.15, -0.1) is 0 Å². The van der Waals surface area contributed by atoms with Crippen LogP contribution in [0.15, 0.2) is 6.07 Å². The number of aryl methyl sites for hydroxylation is 1. The molecule has 1 aromatic rings. The standard InChI is InChI=1S/C12H20ClN3/c1-9(2)5-6-16(4)8-12-14-10(3)7-11(13)15-12/h7,9H,5-6,8H2,1-4H3. The summed E-state index contributed by atoms with van der Waals surface area (Å²) in [6.45, 7) is 8.22. The topological polar surface area (TPSA) is 29.0 Å². The zero-order valence-electron chi connectivity index (χ0n) is 10.5. The molecular weight excluding hydrogens is 222 g/mol. The van der Waals surface area contributed by atoms with Crippen LogP contribution in [0, 0.1) is 12.8 Å². The fourth-order valence-electron chi connectivity index (χ4n) is 1.46. The van der Waals surface area contributed by atoms with Crippen molar-refractivity contribution in [1.29, 1.82) is 0 Å². The monoisotopic (exact) mass is 241 g/mol. The van der Waals surface area contributed by atoms with Gasteiger partial charge in [0.2, 0.25) is 0 Å². The molecule has 0 fully saturated rings. The second-order valence-corrected chi connectivity index (χ2v) is 5.06. The maximum atomic E-state index is 5.89. The Morgan fingerprint density at radius 2 is 2.06 bits per heavy atom. The quantitative estimate of drug-likeness (QED) is 0.743. The molecule has 0 saturated carbocycles. The van der Waals surface area contributed by atoms with Crippen LogP contribution in [0.2, 0.25) is 5.15 Å². The molecule has 0 radical (unpaired) electrons. The second kappa shape index (κ2) is 6.16. The number of rotatable bonds is 5. The maximum Gasteiger partial charge on any atom is 0.144 e. The van der Waals surface area contributed by atoms with Crippen LogP contribution in [0.1, 0.15) is 31.8 Å². The molecule has 0 unspecified atom stereocenters. The lowest BCUT2D eigenvalue weighted by molar-refractivity contribution is 0.296. The molecule has 0 bridgehead atoms. The number of hydrogen-bond donors (Lipinski definition) is 0. The molecule has 0 aliphatic rings. The zero-order valence-corrected chi connectivity index (χ0v) is 11.3. The molecule has 0 aromatic carbocycles. The van der Waals surface area contributed by atoms with E-state index in [9.17, 15) is 0 Å².